The Hall–Kier alpha value is -1.67. The van der Waals surface area contributed by atoms with E-state index in [1.807, 2.05) is 0 Å². The van der Waals surface area contributed by atoms with Gasteiger partial charge in [0.25, 0.3) is 0 Å². The van der Waals surface area contributed by atoms with Crippen LogP contribution in [0.4, 0.5) is 4.39 Å². The summed E-state index contributed by atoms with van der Waals surface area (Å²) in [5.41, 5.74) is 0. The molecule has 2 fully saturated rings. The predicted octanol–water partition coefficient (Wildman–Crippen LogP) is 2.68. The first kappa shape index (κ1) is 20.1. The summed E-state index contributed by atoms with van der Waals surface area (Å²) in [5, 5.41) is 3.09. The Morgan fingerprint density at radius 2 is 1.93 bits per heavy atom. The Labute approximate surface area is 160 Å². The molecular weight excluding hydrogens is 371 g/mol. The maximum Gasteiger partial charge on any atom is 0.246 e. The molecule has 1 aliphatic carbocycles. The molecule has 1 saturated heterocycles. The van der Waals surface area contributed by atoms with Gasteiger partial charge in [-0.3, -0.25) is 4.79 Å². The van der Waals surface area contributed by atoms with Gasteiger partial charge >= 0.3 is 0 Å². The first-order valence-corrected chi connectivity index (χ1v) is 11.0. The van der Waals surface area contributed by atoms with Crippen molar-refractivity contribution in [2.24, 2.45) is 5.92 Å². The third kappa shape index (κ3) is 4.60. The van der Waals surface area contributed by atoms with Gasteiger partial charge in [-0.15, -0.1) is 0 Å². The van der Waals surface area contributed by atoms with E-state index in [1.54, 1.807) is 0 Å². The van der Waals surface area contributed by atoms with E-state index >= 15 is 0 Å². The molecule has 0 spiro atoms. The number of methoxy groups -OCH3 is 1. The van der Waals surface area contributed by atoms with E-state index in [2.05, 4.69) is 5.32 Å². The van der Waals surface area contributed by atoms with Gasteiger partial charge < -0.3 is 10.1 Å². The molecule has 2 aliphatic rings. The molecule has 1 N–H and O–H groups in total. The average molecular weight is 399 g/mol. The maximum atomic E-state index is 13.6. The van der Waals surface area contributed by atoms with Crippen LogP contribution in [0.2, 0.25) is 0 Å². The van der Waals surface area contributed by atoms with Gasteiger partial charge in [-0.25, -0.2) is 12.8 Å². The lowest BCUT2D eigenvalue weighted by atomic mass is 9.93. The van der Waals surface area contributed by atoms with E-state index in [1.165, 1.54) is 23.9 Å². The number of piperidine rings is 1. The minimum Gasteiger partial charge on any atom is -0.495 e. The lowest BCUT2D eigenvalue weighted by Crippen LogP contribution is -2.47. The Morgan fingerprint density at radius 3 is 2.63 bits per heavy atom. The Morgan fingerprint density at radius 1 is 1.19 bits per heavy atom. The van der Waals surface area contributed by atoms with E-state index in [0.29, 0.717) is 19.4 Å². The van der Waals surface area contributed by atoms with Crippen LogP contribution in [0.1, 0.15) is 44.9 Å². The van der Waals surface area contributed by atoms with E-state index in [0.717, 1.165) is 37.8 Å². The summed E-state index contributed by atoms with van der Waals surface area (Å²) in [5.74, 6) is -0.994. The maximum absolute atomic E-state index is 13.6. The van der Waals surface area contributed by atoms with Crippen LogP contribution in [0.25, 0.3) is 0 Å². The molecule has 0 aromatic heterocycles. The van der Waals surface area contributed by atoms with Gasteiger partial charge in [0.05, 0.1) is 13.0 Å². The summed E-state index contributed by atoms with van der Waals surface area (Å²) in [6.45, 7) is 0.426. The molecule has 0 unspecified atom stereocenters. The second-order valence-electron chi connectivity index (χ2n) is 7.34. The fourth-order valence-corrected chi connectivity index (χ4v) is 5.62. The molecule has 1 amide bonds. The van der Waals surface area contributed by atoms with Crippen LogP contribution in [-0.2, 0) is 14.8 Å². The third-order valence-corrected chi connectivity index (χ3v) is 7.34. The minimum absolute atomic E-state index is 0.0759. The van der Waals surface area contributed by atoms with Crippen molar-refractivity contribution in [3.05, 3.63) is 24.0 Å². The molecule has 8 heteroatoms. The van der Waals surface area contributed by atoms with Crippen LogP contribution in [0, 0.1) is 11.7 Å². The molecule has 1 aromatic rings. The molecule has 3 rings (SSSR count). The number of ether oxygens (including phenoxy) is 1. The summed E-state index contributed by atoms with van der Waals surface area (Å²) < 4.78 is 46.1. The smallest absolute Gasteiger partial charge is 0.246 e. The van der Waals surface area contributed by atoms with Gasteiger partial charge in [0.2, 0.25) is 15.9 Å². The number of rotatable bonds is 5. The predicted molar refractivity (Wildman–Crippen MR) is 99.5 cm³/mol. The molecule has 1 heterocycles. The molecule has 6 nitrogen and oxygen atoms in total. The fraction of sp³-hybridized carbons (Fsp3) is 0.632. The number of hydrogen-bond donors (Lipinski definition) is 1. The number of benzene rings is 1. The van der Waals surface area contributed by atoms with Crippen LogP contribution >= 0.6 is 0 Å². The van der Waals surface area contributed by atoms with Crippen LogP contribution in [0.5, 0.6) is 5.75 Å². The Kier molecular flexibility index (Phi) is 6.37. The first-order valence-electron chi connectivity index (χ1n) is 9.56. The number of carbonyl (C=O) groups is 1. The SMILES string of the molecule is COc1ccc(F)cc1S(=O)(=O)N1CCC[C@@H](C(=O)NC2CCCCC2)C1. The Balaban J connectivity index is 1.73. The molecule has 1 aliphatic heterocycles. The standard InChI is InChI=1S/C19H27FN2O4S/c1-26-17-10-9-15(20)12-18(17)27(24,25)22-11-5-6-14(13-22)19(23)21-16-7-3-2-4-8-16/h9-10,12,14,16H,2-8,11,13H2,1H3,(H,21,23)/t14-/m1/s1. The molecular formula is C19H27FN2O4S. The average Bonchev–Trinajstić information content (AvgIpc) is 2.69. The topological polar surface area (TPSA) is 75.7 Å². The van der Waals surface area contributed by atoms with Crippen molar-refractivity contribution >= 4 is 15.9 Å². The molecule has 0 bridgehead atoms. The highest BCUT2D eigenvalue weighted by Crippen LogP contribution is 2.30. The number of sulfonamides is 1. The highest BCUT2D eigenvalue weighted by Gasteiger charge is 2.35. The number of hydrogen-bond acceptors (Lipinski definition) is 4. The molecule has 0 radical (unpaired) electrons. The molecule has 1 aromatic carbocycles. The van der Waals surface area contributed by atoms with Gasteiger partial charge in [-0.05, 0) is 43.9 Å². The number of amides is 1. The summed E-state index contributed by atoms with van der Waals surface area (Å²) in [6, 6.07) is 3.63. The monoisotopic (exact) mass is 398 g/mol. The second kappa shape index (κ2) is 8.56. The first-order chi connectivity index (χ1) is 12.9. The van der Waals surface area contributed by atoms with Crippen LogP contribution in [0.15, 0.2) is 23.1 Å². The summed E-state index contributed by atoms with van der Waals surface area (Å²) in [7, 11) is -2.59. The highest BCUT2D eigenvalue weighted by molar-refractivity contribution is 7.89. The molecule has 150 valence electrons. The van der Waals surface area contributed by atoms with Crippen LogP contribution in [0.3, 0.4) is 0 Å². The minimum atomic E-state index is -3.94. The van der Waals surface area contributed by atoms with Gasteiger partial charge in [0.15, 0.2) is 0 Å². The highest BCUT2D eigenvalue weighted by atomic mass is 32.2. The summed E-state index contributed by atoms with van der Waals surface area (Å²) in [4.78, 5) is 12.4. The number of halogens is 1. The fourth-order valence-electron chi connectivity index (χ4n) is 3.93. The van der Waals surface area contributed by atoms with Crippen LogP contribution < -0.4 is 10.1 Å². The summed E-state index contributed by atoms with van der Waals surface area (Å²) in [6.07, 6.45) is 6.68. The zero-order valence-electron chi connectivity index (χ0n) is 15.6. The van der Waals surface area contributed by atoms with Crippen molar-refractivity contribution in [3.63, 3.8) is 0 Å². The summed E-state index contributed by atoms with van der Waals surface area (Å²) >= 11 is 0. The van der Waals surface area contributed by atoms with Gasteiger partial charge in [-0.2, -0.15) is 4.31 Å². The lowest BCUT2D eigenvalue weighted by Gasteiger charge is -2.33. The van der Waals surface area contributed by atoms with Crippen molar-refractivity contribution in [1.82, 2.24) is 9.62 Å². The van der Waals surface area contributed by atoms with E-state index in [4.69, 9.17) is 4.74 Å². The largest absolute Gasteiger partial charge is 0.495 e. The van der Waals surface area contributed by atoms with Crippen LogP contribution in [-0.4, -0.2) is 44.9 Å². The van der Waals surface area contributed by atoms with Gasteiger partial charge in [0, 0.05) is 19.1 Å². The third-order valence-electron chi connectivity index (χ3n) is 5.45. The quantitative estimate of drug-likeness (QED) is 0.827. The van der Waals surface area contributed by atoms with Crippen molar-refractivity contribution < 1.29 is 22.3 Å². The molecule has 1 saturated carbocycles. The normalized spacial score (nSPS) is 22.4. The number of carbonyl (C=O) groups excluding carboxylic acids is 1. The van der Waals surface area contributed by atoms with Crippen molar-refractivity contribution in [3.8, 4) is 5.75 Å². The zero-order valence-corrected chi connectivity index (χ0v) is 16.4. The van der Waals surface area contributed by atoms with E-state index in [-0.39, 0.29) is 35.1 Å². The van der Waals surface area contributed by atoms with Crippen molar-refractivity contribution in [2.75, 3.05) is 20.2 Å². The van der Waals surface area contributed by atoms with Crippen molar-refractivity contribution in [2.45, 2.75) is 55.9 Å². The van der Waals surface area contributed by atoms with Gasteiger partial charge in [-0.1, -0.05) is 19.3 Å². The molecule has 27 heavy (non-hydrogen) atoms. The van der Waals surface area contributed by atoms with Crippen molar-refractivity contribution in [1.29, 1.82) is 0 Å². The van der Waals surface area contributed by atoms with E-state index < -0.39 is 15.8 Å². The Bertz CT molecular complexity index is 778. The lowest BCUT2D eigenvalue weighted by molar-refractivity contribution is -0.127. The number of nitrogens with one attached hydrogen (secondary N) is 1. The molecule has 1 atom stereocenters. The number of nitrogens with zero attached hydrogens (tertiary/aromatic N) is 1. The zero-order chi connectivity index (χ0) is 19.4. The van der Waals surface area contributed by atoms with E-state index in [9.17, 15) is 17.6 Å². The second-order valence-corrected chi connectivity index (χ2v) is 9.25. The van der Waals surface area contributed by atoms with Gasteiger partial charge in [0.1, 0.15) is 16.5 Å².